The lowest BCUT2D eigenvalue weighted by molar-refractivity contribution is -0.120. The number of carbonyl (C=O) groups excluding carboxylic acids is 1. The number of nitrogens with zero attached hydrogens (tertiary/aromatic N) is 1. The molecular weight excluding hydrogens is 221 g/mol. The van der Waals surface area contributed by atoms with Crippen LogP contribution in [0.5, 0.6) is 0 Å². The molecule has 0 heterocycles. The first-order valence-corrected chi connectivity index (χ1v) is 4.31. The first-order chi connectivity index (χ1) is 7.54. The number of benzene rings is 1. The Morgan fingerprint density at radius 3 is 2.38 bits per heavy atom. The molecular formula is C10H7F3N2O. The van der Waals surface area contributed by atoms with E-state index in [-0.39, 0.29) is 0 Å². The van der Waals surface area contributed by atoms with Crippen LogP contribution < -0.4 is 5.32 Å². The van der Waals surface area contributed by atoms with Crippen molar-refractivity contribution < 1.29 is 18.0 Å². The van der Waals surface area contributed by atoms with E-state index in [4.69, 9.17) is 5.26 Å². The minimum Gasteiger partial charge on any atom is -0.351 e. The molecule has 1 rings (SSSR count). The van der Waals surface area contributed by atoms with E-state index in [1.54, 1.807) is 6.07 Å². The first kappa shape index (κ1) is 12.0. The Morgan fingerprint density at radius 1 is 1.31 bits per heavy atom. The molecule has 3 nitrogen and oxygen atoms in total. The first-order valence-electron chi connectivity index (χ1n) is 4.31. The number of hydrogen-bond donors (Lipinski definition) is 1. The molecule has 6 heteroatoms. The summed E-state index contributed by atoms with van der Waals surface area (Å²) in [6.07, 6.45) is -0.398. The van der Waals surface area contributed by atoms with Gasteiger partial charge in [-0.15, -0.1) is 0 Å². The predicted octanol–water partition coefficient (Wildman–Crippen LogP) is 1.63. The maximum atomic E-state index is 13.1. The molecule has 0 aliphatic rings. The Bertz CT molecular complexity index is 431. The van der Waals surface area contributed by atoms with E-state index in [0.717, 1.165) is 0 Å². The zero-order chi connectivity index (χ0) is 12.1. The molecule has 0 aliphatic heterocycles. The van der Waals surface area contributed by atoms with Gasteiger partial charge in [0.25, 0.3) is 0 Å². The van der Waals surface area contributed by atoms with Crippen LogP contribution in [0.25, 0.3) is 0 Å². The Balaban J connectivity index is 2.75. The number of halogens is 3. The molecule has 0 radical (unpaired) electrons. The fourth-order valence-corrected chi connectivity index (χ4v) is 1.06. The van der Waals surface area contributed by atoms with Crippen molar-refractivity contribution in [2.75, 3.05) is 0 Å². The van der Waals surface area contributed by atoms with Gasteiger partial charge in [-0.2, -0.15) is 5.26 Å². The second-order valence-corrected chi connectivity index (χ2v) is 2.96. The van der Waals surface area contributed by atoms with Crippen molar-refractivity contribution in [1.29, 1.82) is 5.26 Å². The zero-order valence-electron chi connectivity index (χ0n) is 8.06. The predicted molar refractivity (Wildman–Crippen MR) is 48.4 cm³/mol. The molecule has 0 aliphatic carbocycles. The molecule has 1 amide bonds. The van der Waals surface area contributed by atoms with Crippen molar-refractivity contribution in [3.63, 3.8) is 0 Å². The number of carbonyl (C=O) groups is 1. The number of hydrogen-bond acceptors (Lipinski definition) is 2. The van der Waals surface area contributed by atoms with E-state index in [2.05, 4.69) is 5.32 Å². The van der Waals surface area contributed by atoms with E-state index in [9.17, 15) is 18.0 Å². The van der Waals surface area contributed by atoms with E-state index >= 15 is 0 Å². The van der Waals surface area contributed by atoms with Crippen molar-refractivity contribution in [3.8, 4) is 6.07 Å². The van der Waals surface area contributed by atoms with Gasteiger partial charge in [-0.3, -0.25) is 4.79 Å². The highest BCUT2D eigenvalue weighted by Gasteiger charge is 2.12. The molecule has 1 aromatic rings. The van der Waals surface area contributed by atoms with E-state index in [0.29, 0.717) is 12.1 Å². The molecule has 1 aromatic carbocycles. The third kappa shape index (κ3) is 2.98. The van der Waals surface area contributed by atoms with Crippen molar-refractivity contribution in [2.45, 2.75) is 13.0 Å². The molecule has 0 unspecified atom stereocenters. The standard InChI is InChI=1S/C10H7F3N2O/c11-6-3-8(12)7(9(13)4-6)5-15-10(16)1-2-14/h3-4H,1,5H2,(H,15,16). The number of nitriles is 1. The van der Waals surface area contributed by atoms with Gasteiger partial charge in [0.2, 0.25) is 5.91 Å². The Kier molecular flexibility index (Phi) is 3.89. The molecule has 1 N–H and O–H groups in total. The summed E-state index contributed by atoms with van der Waals surface area (Å²) < 4.78 is 38.6. The van der Waals surface area contributed by atoms with Gasteiger partial charge in [0.05, 0.1) is 6.07 Å². The second kappa shape index (κ2) is 5.16. The van der Waals surface area contributed by atoms with Crippen LogP contribution in [0.2, 0.25) is 0 Å². The molecule has 0 fully saturated rings. The summed E-state index contributed by atoms with van der Waals surface area (Å²) in [5.41, 5.74) is -0.437. The highest BCUT2D eigenvalue weighted by atomic mass is 19.1. The average Bonchev–Trinajstić information content (AvgIpc) is 2.16. The lowest BCUT2D eigenvalue weighted by Crippen LogP contribution is -2.23. The molecule has 0 aromatic heterocycles. The molecule has 0 saturated heterocycles. The lowest BCUT2D eigenvalue weighted by Gasteiger charge is -2.06. The average molecular weight is 228 g/mol. The molecule has 0 atom stereocenters. The Morgan fingerprint density at radius 2 is 1.88 bits per heavy atom. The van der Waals surface area contributed by atoms with Gasteiger partial charge in [-0.05, 0) is 0 Å². The molecule has 84 valence electrons. The van der Waals surface area contributed by atoms with Crippen LogP contribution >= 0.6 is 0 Å². The van der Waals surface area contributed by atoms with Crippen LogP contribution in [0.3, 0.4) is 0 Å². The monoisotopic (exact) mass is 228 g/mol. The minimum atomic E-state index is -1.07. The minimum absolute atomic E-state index is 0.398. The maximum Gasteiger partial charge on any atom is 0.234 e. The largest absolute Gasteiger partial charge is 0.351 e. The van der Waals surface area contributed by atoms with Crippen molar-refractivity contribution in [3.05, 3.63) is 35.1 Å². The SMILES string of the molecule is N#CCC(=O)NCc1c(F)cc(F)cc1F. The third-order valence-electron chi connectivity index (χ3n) is 1.81. The van der Waals surface area contributed by atoms with Crippen molar-refractivity contribution in [2.24, 2.45) is 0 Å². The van der Waals surface area contributed by atoms with Crippen molar-refractivity contribution in [1.82, 2.24) is 5.32 Å². The van der Waals surface area contributed by atoms with E-state index < -0.39 is 41.9 Å². The summed E-state index contributed by atoms with van der Waals surface area (Å²) in [6, 6.07) is 2.63. The summed E-state index contributed by atoms with van der Waals surface area (Å²) in [6.45, 7) is -0.418. The number of nitrogens with one attached hydrogen (secondary N) is 1. The van der Waals surface area contributed by atoms with Gasteiger partial charge >= 0.3 is 0 Å². The molecule has 16 heavy (non-hydrogen) atoms. The summed E-state index contributed by atoms with van der Waals surface area (Å²) in [4.78, 5) is 10.9. The van der Waals surface area contributed by atoms with Crippen LogP contribution in [0.15, 0.2) is 12.1 Å². The summed E-state index contributed by atoms with van der Waals surface area (Å²) in [7, 11) is 0. The smallest absolute Gasteiger partial charge is 0.234 e. The Hall–Kier alpha value is -2.03. The highest BCUT2D eigenvalue weighted by molar-refractivity contribution is 5.77. The summed E-state index contributed by atoms with van der Waals surface area (Å²) >= 11 is 0. The van der Waals surface area contributed by atoms with Gasteiger partial charge < -0.3 is 5.32 Å². The summed E-state index contributed by atoms with van der Waals surface area (Å²) in [5, 5.41) is 10.3. The van der Waals surface area contributed by atoms with Crippen LogP contribution in [-0.2, 0) is 11.3 Å². The molecule has 0 bridgehead atoms. The van der Waals surface area contributed by atoms with E-state index in [1.807, 2.05) is 0 Å². The topological polar surface area (TPSA) is 52.9 Å². The quantitative estimate of drug-likeness (QED) is 0.854. The zero-order valence-corrected chi connectivity index (χ0v) is 8.06. The Labute approximate surface area is 89.5 Å². The van der Waals surface area contributed by atoms with Crippen LogP contribution in [0.1, 0.15) is 12.0 Å². The normalized spacial score (nSPS) is 9.62. The van der Waals surface area contributed by atoms with Crippen LogP contribution in [0, 0.1) is 28.8 Å². The van der Waals surface area contributed by atoms with Crippen LogP contribution in [-0.4, -0.2) is 5.91 Å². The maximum absolute atomic E-state index is 13.1. The second-order valence-electron chi connectivity index (χ2n) is 2.96. The van der Waals surface area contributed by atoms with Gasteiger partial charge in [0.15, 0.2) is 0 Å². The van der Waals surface area contributed by atoms with Gasteiger partial charge in [0, 0.05) is 24.2 Å². The third-order valence-corrected chi connectivity index (χ3v) is 1.81. The van der Waals surface area contributed by atoms with E-state index in [1.165, 1.54) is 0 Å². The summed E-state index contributed by atoms with van der Waals surface area (Å²) in [5.74, 6) is -3.82. The van der Waals surface area contributed by atoms with Crippen LogP contribution in [0.4, 0.5) is 13.2 Å². The fourth-order valence-electron chi connectivity index (χ4n) is 1.06. The van der Waals surface area contributed by atoms with Gasteiger partial charge in [-0.25, -0.2) is 13.2 Å². The van der Waals surface area contributed by atoms with Gasteiger partial charge in [0.1, 0.15) is 23.9 Å². The van der Waals surface area contributed by atoms with Gasteiger partial charge in [-0.1, -0.05) is 0 Å². The molecule has 0 saturated carbocycles. The lowest BCUT2D eigenvalue weighted by atomic mass is 10.2. The number of rotatable bonds is 3. The number of amides is 1. The van der Waals surface area contributed by atoms with Crippen molar-refractivity contribution >= 4 is 5.91 Å². The highest BCUT2D eigenvalue weighted by Crippen LogP contribution is 2.14. The fraction of sp³-hybridized carbons (Fsp3) is 0.200. The molecule has 0 spiro atoms.